The minimum absolute atomic E-state index is 0. The molecule has 2 rings (SSSR count). The van der Waals surface area contributed by atoms with E-state index in [1.807, 2.05) is 24.3 Å². The molecule has 0 aliphatic heterocycles. The van der Waals surface area contributed by atoms with Gasteiger partial charge in [0.1, 0.15) is 0 Å². The van der Waals surface area contributed by atoms with Gasteiger partial charge >= 0.3 is 0 Å². The van der Waals surface area contributed by atoms with E-state index in [1.165, 1.54) is 7.11 Å². The number of aliphatic imine (C=N–C) groups is 1. The average Bonchev–Trinajstić information content (AvgIpc) is 2.72. The molecule has 0 spiro atoms. The summed E-state index contributed by atoms with van der Waals surface area (Å²) in [6.07, 6.45) is 1.61. The second kappa shape index (κ2) is 6.04. The zero-order chi connectivity index (χ0) is 12.3. The smallest absolute Gasteiger partial charge is 0.282 e. The maximum Gasteiger partial charge on any atom is 0.282 e. The van der Waals surface area contributed by atoms with E-state index in [2.05, 4.69) is 20.3 Å². The summed E-state index contributed by atoms with van der Waals surface area (Å²) in [5.74, 6) is -0.507. The lowest BCUT2D eigenvalue weighted by atomic mass is 10.2. The topological polar surface area (TPSA) is 92.5 Å². The number of amides is 1. The van der Waals surface area contributed by atoms with Gasteiger partial charge in [-0.1, -0.05) is 18.2 Å². The molecule has 0 unspecified atom stereocenters. The number of hydroxylamine groups is 1. The monoisotopic (exact) mass is 268 g/mol. The summed E-state index contributed by atoms with van der Waals surface area (Å²) >= 11 is 0. The van der Waals surface area contributed by atoms with E-state index in [1.54, 1.807) is 6.20 Å². The Morgan fingerprint density at radius 1 is 1.44 bits per heavy atom. The number of fused-ring (bicyclic) bond motifs is 1. The summed E-state index contributed by atoms with van der Waals surface area (Å²) in [5.41, 5.74) is 9.05. The van der Waals surface area contributed by atoms with Gasteiger partial charge in [0, 0.05) is 17.1 Å². The van der Waals surface area contributed by atoms with Crippen molar-refractivity contribution < 1.29 is 9.63 Å². The predicted molar refractivity (Wildman–Crippen MR) is 71.6 cm³/mol. The quantitative estimate of drug-likeness (QED) is 0.433. The molecule has 0 atom stereocenters. The number of carbonyl (C=O) groups is 1. The third-order valence-electron chi connectivity index (χ3n) is 2.25. The van der Waals surface area contributed by atoms with Crippen LogP contribution in [0.4, 0.5) is 0 Å². The van der Waals surface area contributed by atoms with Crippen LogP contribution < -0.4 is 11.2 Å². The zero-order valence-corrected chi connectivity index (χ0v) is 10.5. The highest BCUT2D eigenvalue weighted by molar-refractivity contribution is 6.10. The van der Waals surface area contributed by atoms with Crippen LogP contribution in [0.5, 0.6) is 0 Å². The maximum absolute atomic E-state index is 11.8. The molecule has 1 amide bonds. The van der Waals surface area contributed by atoms with E-state index >= 15 is 0 Å². The fraction of sp³-hybridized carbons (Fsp3) is 0.0909. The summed E-state index contributed by atoms with van der Waals surface area (Å²) in [6.45, 7) is 0. The Bertz CT molecular complexity index is 579. The molecule has 1 aromatic carbocycles. The van der Waals surface area contributed by atoms with Gasteiger partial charge in [-0.3, -0.25) is 9.63 Å². The number of rotatable bonds is 2. The Morgan fingerprint density at radius 3 is 2.89 bits per heavy atom. The molecule has 0 aliphatic rings. The third kappa shape index (κ3) is 2.79. The van der Waals surface area contributed by atoms with Crippen molar-refractivity contribution in [2.75, 3.05) is 7.11 Å². The van der Waals surface area contributed by atoms with Gasteiger partial charge in [0.15, 0.2) is 0 Å². The molecule has 0 radical (unpaired) electrons. The van der Waals surface area contributed by atoms with Crippen molar-refractivity contribution in [1.82, 2.24) is 10.5 Å². The molecule has 0 saturated heterocycles. The standard InChI is InChI=1S/C11H12N4O2.ClH/c1-17-15-11(12)14-10(16)8-6-13-9-5-3-2-4-7(8)9;/h2-6,13H,1H3,(H3,12,14,15,16);1H. The largest absolute Gasteiger partial charge is 0.368 e. The van der Waals surface area contributed by atoms with Gasteiger partial charge in [-0.05, 0) is 6.07 Å². The Labute approximate surface area is 110 Å². The number of guanidine groups is 1. The highest BCUT2D eigenvalue weighted by atomic mass is 35.5. The second-order valence-electron chi connectivity index (χ2n) is 3.36. The van der Waals surface area contributed by atoms with E-state index in [9.17, 15) is 4.79 Å². The molecular formula is C11H13ClN4O2. The Kier molecular flexibility index (Phi) is 4.70. The summed E-state index contributed by atoms with van der Waals surface area (Å²) in [4.78, 5) is 23.0. The van der Waals surface area contributed by atoms with E-state index < -0.39 is 5.91 Å². The molecule has 7 heteroatoms. The number of nitrogens with zero attached hydrogens (tertiary/aromatic N) is 1. The van der Waals surface area contributed by atoms with E-state index in [0.717, 1.165) is 10.9 Å². The van der Waals surface area contributed by atoms with Crippen LogP contribution in [0.3, 0.4) is 0 Å². The van der Waals surface area contributed by atoms with Crippen molar-refractivity contribution in [1.29, 1.82) is 0 Å². The van der Waals surface area contributed by atoms with E-state index in [-0.39, 0.29) is 18.4 Å². The van der Waals surface area contributed by atoms with Crippen molar-refractivity contribution in [3.05, 3.63) is 36.0 Å². The first-order valence-electron chi connectivity index (χ1n) is 4.96. The van der Waals surface area contributed by atoms with E-state index in [4.69, 9.17) is 5.73 Å². The molecule has 0 aliphatic carbocycles. The fourth-order valence-corrected chi connectivity index (χ4v) is 1.55. The molecule has 1 heterocycles. The van der Waals surface area contributed by atoms with Crippen molar-refractivity contribution in [2.45, 2.75) is 0 Å². The molecule has 0 bridgehead atoms. The van der Waals surface area contributed by atoms with Crippen LogP contribution in [0.2, 0.25) is 0 Å². The van der Waals surface area contributed by atoms with Crippen LogP contribution in [0, 0.1) is 0 Å². The molecule has 6 nitrogen and oxygen atoms in total. The maximum atomic E-state index is 11.8. The van der Waals surface area contributed by atoms with Crippen LogP contribution in [0.25, 0.3) is 10.9 Å². The summed E-state index contributed by atoms with van der Waals surface area (Å²) < 4.78 is 0. The number of aromatic nitrogens is 1. The molecule has 2 aromatic rings. The molecule has 4 N–H and O–H groups in total. The number of benzene rings is 1. The number of hydrogen-bond donors (Lipinski definition) is 3. The average molecular weight is 269 g/mol. The zero-order valence-electron chi connectivity index (χ0n) is 9.64. The first-order valence-corrected chi connectivity index (χ1v) is 4.96. The number of halogens is 1. The fourth-order valence-electron chi connectivity index (χ4n) is 1.55. The van der Waals surface area contributed by atoms with Crippen molar-refractivity contribution in [2.24, 2.45) is 10.7 Å². The van der Waals surface area contributed by atoms with Gasteiger partial charge < -0.3 is 10.7 Å². The van der Waals surface area contributed by atoms with Crippen LogP contribution >= 0.6 is 12.4 Å². The second-order valence-corrected chi connectivity index (χ2v) is 3.36. The number of H-pyrrole nitrogens is 1. The van der Waals surface area contributed by atoms with Crippen LogP contribution in [-0.4, -0.2) is 24.0 Å². The Balaban J connectivity index is 0.00000162. The third-order valence-corrected chi connectivity index (χ3v) is 2.25. The van der Waals surface area contributed by atoms with Crippen LogP contribution in [-0.2, 0) is 4.84 Å². The van der Waals surface area contributed by atoms with Gasteiger partial charge in [-0.2, -0.15) is 4.99 Å². The number of nitrogens with two attached hydrogens (primary N) is 1. The Morgan fingerprint density at radius 2 is 2.17 bits per heavy atom. The lowest BCUT2D eigenvalue weighted by molar-refractivity contribution is 0.0997. The molecular weight excluding hydrogens is 256 g/mol. The summed E-state index contributed by atoms with van der Waals surface area (Å²) in [7, 11) is 1.39. The minimum atomic E-state index is -0.426. The summed E-state index contributed by atoms with van der Waals surface area (Å²) in [5, 5.41) is 0.812. The van der Waals surface area contributed by atoms with Gasteiger partial charge in [-0.15, -0.1) is 12.4 Å². The highest BCUT2D eigenvalue weighted by Crippen LogP contribution is 2.18. The number of nitrogens with one attached hydrogen (secondary N) is 2. The number of hydrogen-bond acceptors (Lipinski definition) is 2. The number of aromatic amines is 1. The molecule has 18 heavy (non-hydrogen) atoms. The van der Waals surface area contributed by atoms with Gasteiger partial charge in [0.05, 0.1) is 12.7 Å². The minimum Gasteiger partial charge on any atom is -0.368 e. The number of carbonyl (C=O) groups excluding carboxylic acids is 1. The number of para-hydroxylation sites is 1. The molecule has 1 aromatic heterocycles. The lowest BCUT2D eigenvalue weighted by Gasteiger charge is -1.99. The van der Waals surface area contributed by atoms with Gasteiger partial charge in [0.25, 0.3) is 5.91 Å². The highest BCUT2D eigenvalue weighted by Gasteiger charge is 2.11. The molecule has 0 fully saturated rings. The normalized spacial score (nSPS) is 11.1. The van der Waals surface area contributed by atoms with Crippen molar-refractivity contribution >= 4 is 35.2 Å². The summed E-state index contributed by atoms with van der Waals surface area (Å²) in [6, 6.07) is 7.46. The first-order chi connectivity index (χ1) is 8.22. The van der Waals surface area contributed by atoms with Crippen molar-refractivity contribution in [3.8, 4) is 0 Å². The molecule has 0 saturated carbocycles. The first kappa shape index (κ1) is 14.0. The molecule has 96 valence electrons. The Hall–Kier alpha value is -2.05. The van der Waals surface area contributed by atoms with Gasteiger partial charge in [-0.25, -0.2) is 5.48 Å². The van der Waals surface area contributed by atoms with Crippen LogP contribution in [0.15, 0.2) is 35.5 Å². The van der Waals surface area contributed by atoms with E-state index in [0.29, 0.717) is 5.56 Å². The van der Waals surface area contributed by atoms with Crippen molar-refractivity contribution in [3.63, 3.8) is 0 Å². The lowest BCUT2D eigenvalue weighted by Crippen LogP contribution is -2.31. The van der Waals surface area contributed by atoms with Crippen LogP contribution in [0.1, 0.15) is 10.4 Å². The SMILES string of the molecule is CONC(N)=NC(=O)c1c[nH]c2ccccc12.Cl. The van der Waals surface area contributed by atoms with Gasteiger partial charge in [0.2, 0.25) is 5.96 Å². The predicted octanol–water partition coefficient (Wildman–Crippen LogP) is 1.20.